The number of amides is 1. The normalized spacial score (nSPS) is 34.0. The summed E-state index contributed by atoms with van der Waals surface area (Å²) in [6, 6.07) is 0. The minimum atomic E-state index is 0.206. The van der Waals surface area contributed by atoms with E-state index in [4.69, 9.17) is 4.74 Å². The Balaban J connectivity index is 1.88. The van der Waals surface area contributed by atoms with Crippen LogP contribution >= 0.6 is 0 Å². The quantitative estimate of drug-likeness (QED) is 0.790. The number of rotatable bonds is 3. The van der Waals surface area contributed by atoms with E-state index in [1.54, 1.807) is 7.11 Å². The Morgan fingerprint density at radius 2 is 2.29 bits per heavy atom. The molecular weight excluding hydrogens is 216 g/mol. The molecule has 2 aliphatic heterocycles. The van der Waals surface area contributed by atoms with Gasteiger partial charge in [-0.25, -0.2) is 0 Å². The fraction of sp³-hybridized carbons (Fsp3) is 0.923. The van der Waals surface area contributed by atoms with E-state index < -0.39 is 0 Å². The molecular formula is C13H24N2O2. The zero-order valence-corrected chi connectivity index (χ0v) is 10.9. The Morgan fingerprint density at radius 3 is 2.94 bits per heavy atom. The number of nitrogens with zero attached hydrogens (tertiary/aromatic N) is 1. The van der Waals surface area contributed by atoms with Gasteiger partial charge < -0.3 is 15.0 Å². The second-order valence-corrected chi connectivity index (χ2v) is 5.48. The Labute approximate surface area is 104 Å². The molecule has 0 radical (unpaired) electrons. The fourth-order valence-electron chi connectivity index (χ4n) is 2.97. The Bertz CT molecular complexity index is 264. The minimum Gasteiger partial charge on any atom is -0.384 e. The summed E-state index contributed by atoms with van der Waals surface area (Å²) in [5, 5.41) is 3.31. The maximum absolute atomic E-state index is 12.3. The molecule has 0 aliphatic carbocycles. The predicted molar refractivity (Wildman–Crippen MR) is 66.7 cm³/mol. The summed E-state index contributed by atoms with van der Waals surface area (Å²) in [6.07, 6.45) is 2.17. The third kappa shape index (κ3) is 2.99. The molecule has 0 aromatic carbocycles. The van der Waals surface area contributed by atoms with Crippen LogP contribution in [0.25, 0.3) is 0 Å². The minimum absolute atomic E-state index is 0.206. The molecule has 1 amide bonds. The molecule has 2 saturated heterocycles. The van der Waals surface area contributed by atoms with Gasteiger partial charge in [0.25, 0.3) is 0 Å². The van der Waals surface area contributed by atoms with Gasteiger partial charge in [-0.1, -0.05) is 6.92 Å². The van der Waals surface area contributed by atoms with Crippen molar-refractivity contribution >= 4 is 5.91 Å². The summed E-state index contributed by atoms with van der Waals surface area (Å²) in [5.41, 5.74) is 0. The zero-order valence-electron chi connectivity index (χ0n) is 10.9. The van der Waals surface area contributed by atoms with Crippen molar-refractivity contribution in [2.24, 2.45) is 17.8 Å². The topological polar surface area (TPSA) is 41.6 Å². The lowest BCUT2D eigenvalue weighted by atomic mass is 9.98. The highest BCUT2D eigenvalue weighted by Crippen LogP contribution is 2.25. The Hall–Kier alpha value is -0.610. The molecule has 0 saturated carbocycles. The first-order chi connectivity index (χ1) is 8.22. The molecule has 1 N–H and O–H groups in total. The lowest BCUT2D eigenvalue weighted by molar-refractivity contribution is -0.135. The van der Waals surface area contributed by atoms with Crippen molar-refractivity contribution in [2.75, 3.05) is 39.9 Å². The molecule has 4 nitrogen and oxygen atoms in total. The molecule has 2 aliphatic rings. The summed E-state index contributed by atoms with van der Waals surface area (Å²) in [5.74, 6) is 1.64. The van der Waals surface area contributed by atoms with Gasteiger partial charge in [0.2, 0.25) is 5.91 Å². The fourth-order valence-corrected chi connectivity index (χ4v) is 2.97. The van der Waals surface area contributed by atoms with Crippen LogP contribution in [0.4, 0.5) is 0 Å². The number of carbonyl (C=O) groups is 1. The number of hydrogen-bond acceptors (Lipinski definition) is 3. The number of carbonyl (C=O) groups excluding carboxylic acids is 1. The molecule has 0 aromatic rings. The van der Waals surface area contributed by atoms with Crippen LogP contribution in [0.15, 0.2) is 0 Å². The van der Waals surface area contributed by atoms with Crippen LogP contribution in [-0.4, -0.2) is 50.7 Å². The molecule has 98 valence electrons. The molecule has 0 spiro atoms. The number of methoxy groups -OCH3 is 1. The zero-order chi connectivity index (χ0) is 12.3. The van der Waals surface area contributed by atoms with Crippen molar-refractivity contribution in [3.05, 3.63) is 0 Å². The van der Waals surface area contributed by atoms with E-state index in [0.29, 0.717) is 17.7 Å². The number of likely N-dealkylation sites (tertiary alicyclic amines) is 1. The van der Waals surface area contributed by atoms with Crippen LogP contribution in [0.5, 0.6) is 0 Å². The van der Waals surface area contributed by atoms with E-state index in [1.807, 2.05) is 4.90 Å². The maximum atomic E-state index is 12.3. The average molecular weight is 240 g/mol. The smallest absolute Gasteiger partial charge is 0.226 e. The second-order valence-electron chi connectivity index (χ2n) is 5.48. The van der Waals surface area contributed by atoms with Crippen molar-refractivity contribution in [1.29, 1.82) is 0 Å². The average Bonchev–Trinajstić information content (AvgIpc) is 2.72. The van der Waals surface area contributed by atoms with Gasteiger partial charge in [0, 0.05) is 32.7 Å². The van der Waals surface area contributed by atoms with Crippen LogP contribution in [-0.2, 0) is 9.53 Å². The van der Waals surface area contributed by atoms with Gasteiger partial charge in [0.1, 0.15) is 0 Å². The van der Waals surface area contributed by atoms with E-state index in [1.165, 1.54) is 0 Å². The van der Waals surface area contributed by atoms with E-state index >= 15 is 0 Å². The van der Waals surface area contributed by atoms with E-state index in [2.05, 4.69) is 12.2 Å². The molecule has 17 heavy (non-hydrogen) atoms. The number of nitrogens with one attached hydrogen (secondary N) is 1. The van der Waals surface area contributed by atoms with Gasteiger partial charge in [-0.3, -0.25) is 4.79 Å². The summed E-state index contributed by atoms with van der Waals surface area (Å²) in [4.78, 5) is 14.4. The van der Waals surface area contributed by atoms with Gasteiger partial charge in [-0.05, 0) is 25.3 Å². The van der Waals surface area contributed by atoms with Crippen LogP contribution in [0.1, 0.15) is 19.8 Å². The van der Waals surface area contributed by atoms with E-state index in [0.717, 1.165) is 45.6 Å². The lowest BCUT2D eigenvalue weighted by Gasteiger charge is -2.26. The van der Waals surface area contributed by atoms with E-state index in [9.17, 15) is 4.79 Å². The van der Waals surface area contributed by atoms with Crippen LogP contribution in [0.2, 0.25) is 0 Å². The molecule has 2 fully saturated rings. The standard InChI is InChI=1S/C13H24N2O2/c1-10-7-15(8-12(10)9-17-2)13(16)11-4-3-5-14-6-11/h10-12,14H,3-9H2,1-2H3/t10-,11+,12+/m1/s1. The highest BCUT2D eigenvalue weighted by atomic mass is 16.5. The molecule has 0 unspecified atom stereocenters. The van der Waals surface area contributed by atoms with Gasteiger partial charge in [0.05, 0.1) is 12.5 Å². The van der Waals surface area contributed by atoms with Crippen molar-refractivity contribution < 1.29 is 9.53 Å². The van der Waals surface area contributed by atoms with Crippen LogP contribution < -0.4 is 5.32 Å². The van der Waals surface area contributed by atoms with Crippen molar-refractivity contribution in [3.8, 4) is 0 Å². The second kappa shape index (κ2) is 5.83. The van der Waals surface area contributed by atoms with Crippen molar-refractivity contribution in [2.45, 2.75) is 19.8 Å². The molecule has 4 heteroatoms. The molecule has 2 heterocycles. The number of ether oxygens (including phenoxy) is 1. The molecule has 3 atom stereocenters. The maximum Gasteiger partial charge on any atom is 0.226 e. The van der Waals surface area contributed by atoms with Crippen LogP contribution in [0, 0.1) is 17.8 Å². The van der Waals surface area contributed by atoms with Gasteiger partial charge in [-0.15, -0.1) is 0 Å². The first-order valence-electron chi connectivity index (χ1n) is 6.70. The van der Waals surface area contributed by atoms with Crippen molar-refractivity contribution in [1.82, 2.24) is 10.2 Å². The first kappa shape index (κ1) is 12.8. The van der Waals surface area contributed by atoms with Crippen LogP contribution in [0.3, 0.4) is 0 Å². The molecule has 0 bridgehead atoms. The third-order valence-electron chi connectivity index (χ3n) is 4.11. The number of hydrogen-bond donors (Lipinski definition) is 1. The van der Waals surface area contributed by atoms with E-state index in [-0.39, 0.29) is 5.92 Å². The third-order valence-corrected chi connectivity index (χ3v) is 4.11. The van der Waals surface area contributed by atoms with Crippen molar-refractivity contribution in [3.63, 3.8) is 0 Å². The number of piperidine rings is 1. The first-order valence-corrected chi connectivity index (χ1v) is 6.70. The Kier molecular flexibility index (Phi) is 4.40. The van der Waals surface area contributed by atoms with Gasteiger partial charge in [-0.2, -0.15) is 0 Å². The largest absolute Gasteiger partial charge is 0.384 e. The SMILES string of the molecule is COC[C@@H]1CN(C(=O)[C@H]2CCCNC2)C[C@H]1C. The highest BCUT2D eigenvalue weighted by molar-refractivity contribution is 5.79. The summed E-state index contributed by atoms with van der Waals surface area (Å²) < 4.78 is 5.22. The summed E-state index contributed by atoms with van der Waals surface area (Å²) in [7, 11) is 1.74. The predicted octanol–water partition coefficient (Wildman–Crippen LogP) is 0.727. The van der Waals surface area contributed by atoms with Gasteiger partial charge in [0.15, 0.2) is 0 Å². The summed E-state index contributed by atoms with van der Waals surface area (Å²) >= 11 is 0. The molecule has 0 aromatic heterocycles. The Morgan fingerprint density at radius 1 is 1.47 bits per heavy atom. The highest BCUT2D eigenvalue weighted by Gasteiger charge is 2.35. The molecule has 2 rings (SSSR count). The lowest BCUT2D eigenvalue weighted by Crippen LogP contribution is -2.42. The van der Waals surface area contributed by atoms with Gasteiger partial charge >= 0.3 is 0 Å². The summed E-state index contributed by atoms with van der Waals surface area (Å²) in [6.45, 7) is 6.70. The monoisotopic (exact) mass is 240 g/mol.